The Kier molecular flexibility index (Phi) is 2.01. The van der Waals surface area contributed by atoms with Crippen molar-refractivity contribution >= 4 is 11.4 Å². The number of fused-ring (bicyclic) bond motifs is 1. The summed E-state index contributed by atoms with van der Waals surface area (Å²) in [7, 11) is 0. The Bertz CT molecular complexity index is 246. The molecular weight excluding hydrogens is 160 g/mol. The molecule has 0 saturated heterocycles. The molecule has 0 aromatic heterocycles. The molecule has 0 spiro atoms. The van der Waals surface area contributed by atoms with E-state index in [0.717, 1.165) is 12.8 Å². The summed E-state index contributed by atoms with van der Waals surface area (Å²) in [6.45, 7) is 6.63. The van der Waals surface area contributed by atoms with Crippen LogP contribution in [0.1, 0.15) is 46.5 Å². The molecule has 2 heteroatoms. The lowest BCUT2D eigenvalue weighted by atomic mass is 9.93. The van der Waals surface area contributed by atoms with Gasteiger partial charge in [-0.1, -0.05) is 20.8 Å². The molecule has 0 aromatic carbocycles. The van der Waals surface area contributed by atoms with E-state index in [1.807, 2.05) is 0 Å². The van der Waals surface area contributed by atoms with Gasteiger partial charge in [-0.15, -0.1) is 0 Å². The molecule has 0 N–H and O–H groups in total. The van der Waals surface area contributed by atoms with Crippen LogP contribution < -0.4 is 0 Å². The van der Waals surface area contributed by atoms with Crippen molar-refractivity contribution < 1.29 is 0 Å². The summed E-state index contributed by atoms with van der Waals surface area (Å²) >= 11 is 0. The lowest BCUT2D eigenvalue weighted by molar-refractivity contribution is 0.335. The molecule has 13 heavy (non-hydrogen) atoms. The van der Waals surface area contributed by atoms with E-state index in [-0.39, 0.29) is 11.6 Å². The predicted molar refractivity (Wildman–Crippen MR) is 56.6 cm³/mol. The van der Waals surface area contributed by atoms with Gasteiger partial charge in [-0.05, 0) is 25.7 Å². The summed E-state index contributed by atoms with van der Waals surface area (Å²) in [5.74, 6) is 0. The number of nitrogens with zero attached hydrogens (tertiary/aromatic N) is 2. The normalized spacial score (nSPS) is 23.9. The highest BCUT2D eigenvalue weighted by atomic mass is 15.1. The fourth-order valence-corrected chi connectivity index (χ4v) is 1.86. The van der Waals surface area contributed by atoms with Gasteiger partial charge < -0.3 is 0 Å². The standard InChI is InChI=1S/C11H18N2/c1-11(2,3)10-12-8-6-4-5-7-9(8)13-10/h10H,4-7H2,1-3H3. The second kappa shape index (κ2) is 2.93. The van der Waals surface area contributed by atoms with Gasteiger partial charge in [0, 0.05) is 5.41 Å². The van der Waals surface area contributed by atoms with E-state index >= 15 is 0 Å². The fourth-order valence-electron chi connectivity index (χ4n) is 1.86. The van der Waals surface area contributed by atoms with Gasteiger partial charge in [0.25, 0.3) is 0 Å². The van der Waals surface area contributed by atoms with E-state index in [0.29, 0.717) is 0 Å². The first-order valence-electron chi connectivity index (χ1n) is 5.21. The van der Waals surface area contributed by atoms with E-state index in [1.54, 1.807) is 0 Å². The van der Waals surface area contributed by atoms with Crippen LogP contribution >= 0.6 is 0 Å². The van der Waals surface area contributed by atoms with Crippen LogP contribution in [0.15, 0.2) is 9.98 Å². The zero-order valence-corrected chi connectivity index (χ0v) is 8.80. The highest BCUT2D eigenvalue weighted by Crippen LogP contribution is 2.30. The molecule has 1 aliphatic heterocycles. The number of hydrogen-bond acceptors (Lipinski definition) is 2. The molecule has 0 atom stereocenters. The average molecular weight is 178 g/mol. The summed E-state index contributed by atoms with van der Waals surface area (Å²) in [5, 5.41) is 0. The molecule has 0 unspecified atom stereocenters. The van der Waals surface area contributed by atoms with Crippen LogP contribution in [0.3, 0.4) is 0 Å². The molecule has 1 saturated carbocycles. The quantitative estimate of drug-likeness (QED) is 0.545. The molecule has 0 radical (unpaired) electrons. The van der Waals surface area contributed by atoms with Crippen LogP contribution in [0, 0.1) is 5.41 Å². The maximum atomic E-state index is 4.69. The molecule has 2 rings (SSSR count). The molecule has 1 aliphatic carbocycles. The van der Waals surface area contributed by atoms with Crippen molar-refractivity contribution in [2.75, 3.05) is 0 Å². The van der Waals surface area contributed by atoms with Crippen molar-refractivity contribution in [2.45, 2.75) is 52.6 Å². The number of hydrogen-bond donors (Lipinski definition) is 0. The number of rotatable bonds is 0. The Morgan fingerprint density at radius 3 is 1.85 bits per heavy atom. The van der Waals surface area contributed by atoms with Crippen LogP contribution in [0.2, 0.25) is 0 Å². The largest absolute Gasteiger partial charge is 0.261 e. The van der Waals surface area contributed by atoms with E-state index in [2.05, 4.69) is 20.8 Å². The SMILES string of the molecule is CC(C)(C)C1N=C2CCCCC2=N1. The minimum atomic E-state index is 0.190. The topological polar surface area (TPSA) is 24.7 Å². The fraction of sp³-hybridized carbons (Fsp3) is 0.818. The van der Waals surface area contributed by atoms with Crippen molar-refractivity contribution in [1.82, 2.24) is 0 Å². The second-order valence-corrected chi connectivity index (χ2v) is 5.10. The summed E-state index contributed by atoms with van der Waals surface area (Å²) in [5.41, 5.74) is 2.79. The minimum Gasteiger partial charge on any atom is -0.261 e. The summed E-state index contributed by atoms with van der Waals surface area (Å²) in [6.07, 6.45) is 5.11. The van der Waals surface area contributed by atoms with Crippen molar-refractivity contribution in [1.29, 1.82) is 0 Å². The first kappa shape index (κ1) is 8.92. The molecule has 2 nitrogen and oxygen atoms in total. The third kappa shape index (κ3) is 1.67. The van der Waals surface area contributed by atoms with Gasteiger partial charge in [0.15, 0.2) is 0 Å². The molecular formula is C11H18N2. The molecule has 72 valence electrons. The van der Waals surface area contributed by atoms with Crippen LogP contribution in [0.4, 0.5) is 0 Å². The van der Waals surface area contributed by atoms with Crippen molar-refractivity contribution in [3.63, 3.8) is 0 Å². The van der Waals surface area contributed by atoms with E-state index in [4.69, 9.17) is 9.98 Å². The summed E-state index contributed by atoms with van der Waals surface area (Å²) in [6, 6.07) is 0. The second-order valence-electron chi connectivity index (χ2n) is 5.10. The minimum absolute atomic E-state index is 0.190. The Hall–Kier alpha value is -0.660. The third-order valence-corrected chi connectivity index (χ3v) is 2.74. The van der Waals surface area contributed by atoms with E-state index < -0.39 is 0 Å². The zero-order chi connectivity index (χ0) is 9.47. The van der Waals surface area contributed by atoms with Crippen molar-refractivity contribution in [2.24, 2.45) is 15.4 Å². The molecule has 0 aromatic rings. The van der Waals surface area contributed by atoms with Crippen LogP contribution in [-0.2, 0) is 0 Å². The monoisotopic (exact) mass is 178 g/mol. The van der Waals surface area contributed by atoms with Gasteiger partial charge in [-0.2, -0.15) is 0 Å². The van der Waals surface area contributed by atoms with Gasteiger partial charge in [0.05, 0.1) is 11.4 Å². The maximum Gasteiger partial charge on any atom is 0.145 e. The summed E-state index contributed by atoms with van der Waals surface area (Å²) < 4.78 is 0. The Balaban J connectivity index is 2.21. The van der Waals surface area contributed by atoms with Crippen molar-refractivity contribution in [3.05, 3.63) is 0 Å². The Morgan fingerprint density at radius 1 is 1.00 bits per heavy atom. The first-order valence-corrected chi connectivity index (χ1v) is 5.21. The number of aliphatic imine (C=N–C) groups is 2. The average Bonchev–Trinajstić information content (AvgIpc) is 2.45. The van der Waals surface area contributed by atoms with Crippen LogP contribution in [-0.4, -0.2) is 17.6 Å². The van der Waals surface area contributed by atoms with Gasteiger partial charge >= 0.3 is 0 Å². The van der Waals surface area contributed by atoms with Crippen LogP contribution in [0.25, 0.3) is 0 Å². The zero-order valence-electron chi connectivity index (χ0n) is 8.80. The molecule has 0 amide bonds. The summed E-state index contributed by atoms with van der Waals surface area (Å²) in [4.78, 5) is 9.39. The van der Waals surface area contributed by atoms with Crippen molar-refractivity contribution in [3.8, 4) is 0 Å². The van der Waals surface area contributed by atoms with E-state index in [1.165, 1.54) is 24.3 Å². The highest BCUT2D eigenvalue weighted by molar-refractivity contribution is 6.43. The maximum absolute atomic E-state index is 4.69. The Labute approximate surface area is 80.2 Å². The van der Waals surface area contributed by atoms with Gasteiger partial charge in [-0.25, -0.2) is 0 Å². The Morgan fingerprint density at radius 2 is 1.46 bits per heavy atom. The van der Waals surface area contributed by atoms with Crippen LogP contribution in [0.5, 0.6) is 0 Å². The highest BCUT2D eigenvalue weighted by Gasteiger charge is 2.30. The van der Waals surface area contributed by atoms with E-state index in [9.17, 15) is 0 Å². The molecule has 0 bridgehead atoms. The third-order valence-electron chi connectivity index (χ3n) is 2.74. The smallest absolute Gasteiger partial charge is 0.145 e. The van der Waals surface area contributed by atoms with Gasteiger partial charge in [0.2, 0.25) is 0 Å². The lowest BCUT2D eigenvalue weighted by Gasteiger charge is -2.21. The first-order chi connectivity index (χ1) is 6.07. The molecule has 1 heterocycles. The van der Waals surface area contributed by atoms with Gasteiger partial charge in [-0.3, -0.25) is 9.98 Å². The molecule has 1 fully saturated rings. The molecule has 2 aliphatic rings. The predicted octanol–water partition coefficient (Wildman–Crippen LogP) is 2.83. The van der Waals surface area contributed by atoms with Gasteiger partial charge in [0.1, 0.15) is 6.17 Å². The lowest BCUT2D eigenvalue weighted by Crippen LogP contribution is -2.20.